The van der Waals surface area contributed by atoms with Crippen molar-refractivity contribution in [2.24, 2.45) is 0 Å². The van der Waals surface area contributed by atoms with Crippen LogP contribution in [0.25, 0.3) is 0 Å². The summed E-state index contributed by atoms with van der Waals surface area (Å²) in [6.07, 6.45) is -0.348. The Hall–Kier alpha value is -1.51. The molecule has 3 heteroatoms. The number of hydrogen-bond acceptors (Lipinski definition) is 2. The van der Waals surface area contributed by atoms with Gasteiger partial charge in [0.15, 0.2) is 0 Å². The van der Waals surface area contributed by atoms with Crippen molar-refractivity contribution in [2.45, 2.75) is 33.1 Å². The van der Waals surface area contributed by atoms with Crippen molar-refractivity contribution in [1.82, 2.24) is 0 Å². The number of aryl methyl sites for hydroxylation is 1. The van der Waals surface area contributed by atoms with Gasteiger partial charge in [-0.1, -0.05) is 32.9 Å². The van der Waals surface area contributed by atoms with E-state index in [1.54, 1.807) is 7.05 Å². The summed E-state index contributed by atoms with van der Waals surface area (Å²) >= 11 is 0. The lowest BCUT2D eigenvalue weighted by Gasteiger charge is -2.24. The minimum atomic E-state index is -0.348. The summed E-state index contributed by atoms with van der Waals surface area (Å²) in [4.78, 5) is 13.1. The van der Waals surface area contributed by atoms with Gasteiger partial charge in [-0.25, -0.2) is 4.79 Å². The Bertz CT molecular complexity index is 419. The van der Waals surface area contributed by atoms with E-state index in [1.165, 1.54) is 17.6 Å². The number of anilines is 1. The average Bonchev–Trinajstić information content (AvgIpc) is 2.26. The van der Waals surface area contributed by atoms with Crippen LogP contribution < -0.4 is 4.90 Å². The molecule has 0 unspecified atom stereocenters. The molecule has 1 aromatic carbocycles. The number of hydrogen-bond donors (Lipinski definition) is 0. The maximum atomic E-state index is 11.5. The lowest BCUT2D eigenvalue weighted by Crippen LogP contribution is -2.27. The highest BCUT2D eigenvalue weighted by Crippen LogP contribution is 2.28. The van der Waals surface area contributed by atoms with E-state index in [0.29, 0.717) is 0 Å². The average molecular weight is 235 g/mol. The van der Waals surface area contributed by atoms with Gasteiger partial charge < -0.3 is 4.74 Å². The van der Waals surface area contributed by atoms with Crippen molar-refractivity contribution in [3.8, 4) is 0 Å². The van der Waals surface area contributed by atoms with Crippen LogP contribution in [-0.4, -0.2) is 20.3 Å². The van der Waals surface area contributed by atoms with E-state index in [9.17, 15) is 4.79 Å². The zero-order chi connectivity index (χ0) is 13.2. The molecule has 0 saturated heterocycles. The Morgan fingerprint density at radius 2 is 1.88 bits per heavy atom. The van der Waals surface area contributed by atoms with Gasteiger partial charge in [-0.05, 0) is 29.5 Å². The van der Waals surface area contributed by atoms with Crippen molar-refractivity contribution in [2.75, 3.05) is 19.1 Å². The summed E-state index contributed by atoms with van der Waals surface area (Å²) in [7, 11) is 3.11. The van der Waals surface area contributed by atoms with Gasteiger partial charge in [-0.15, -0.1) is 0 Å². The fraction of sp³-hybridized carbons (Fsp3) is 0.500. The fourth-order valence-corrected chi connectivity index (χ4v) is 1.67. The number of ether oxygens (including phenoxy) is 1. The van der Waals surface area contributed by atoms with Crippen molar-refractivity contribution >= 4 is 11.8 Å². The molecule has 17 heavy (non-hydrogen) atoms. The molecule has 0 aliphatic heterocycles. The minimum absolute atomic E-state index is 0.0689. The number of carbonyl (C=O) groups is 1. The predicted molar refractivity (Wildman–Crippen MR) is 70.7 cm³/mol. The molecule has 0 spiro atoms. The van der Waals surface area contributed by atoms with E-state index >= 15 is 0 Å². The molecule has 3 nitrogen and oxygen atoms in total. The molecule has 94 valence electrons. The van der Waals surface area contributed by atoms with Crippen LogP contribution in [0, 0.1) is 6.92 Å². The molecular formula is C14H21NO2. The SMILES string of the molecule is COC(=O)N(C)c1cc(C(C)(C)C)ccc1C. The van der Waals surface area contributed by atoms with Gasteiger partial charge in [0.1, 0.15) is 0 Å². The molecule has 1 aromatic rings. The molecule has 0 bridgehead atoms. The normalized spacial score (nSPS) is 11.2. The predicted octanol–water partition coefficient (Wildman–Crippen LogP) is 3.50. The van der Waals surface area contributed by atoms with Gasteiger partial charge in [0.05, 0.1) is 7.11 Å². The van der Waals surface area contributed by atoms with E-state index in [0.717, 1.165) is 11.3 Å². The largest absolute Gasteiger partial charge is 0.452 e. The van der Waals surface area contributed by atoms with Crippen LogP contribution in [0.2, 0.25) is 0 Å². The highest BCUT2D eigenvalue weighted by atomic mass is 16.5. The summed E-state index contributed by atoms with van der Waals surface area (Å²) in [5, 5.41) is 0. The monoisotopic (exact) mass is 235 g/mol. The summed E-state index contributed by atoms with van der Waals surface area (Å²) in [5.74, 6) is 0. The second kappa shape index (κ2) is 4.78. The van der Waals surface area contributed by atoms with E-state index < -0.39 is 0 Å². The molecule has 0 atom stereocenters. The molecule has 0 fully saturated rings. The van der Waals surface area contributed by atoms with Gasteiger partial charge in [0.2, 0.25) is 0 Å². The summed E-state index contributed by atoms with van der Waals surface area (Å²) in [5.41, 5.74) is 3.23. The summed E-state index contributed by atoms with van der Waals surface area (Å²) in [6.45, 7) is 8.44. The second-order valence-corrected chi connectivity index (χ2v) is 5.28. The quantitative estimate of drug-likeness (QED) is 0.745. The first-order valence-electron chi connectivity index (χ1n) is 5.70. The van der Waals surface area contributed by atoms with Crippen LogP contribution in [0.5, 0.6) is 0 Å². The van der Waals surface area contributed by atoms with Crippen LogP contribution in [0.3, 0.4) is 0 Å². The van der Waals surface area contributed by atoms with E-state index in [-0.39, 0.29) is 11.5 Å². The first-order valence-corrected chi connectivity index (χ1v) is 5.70. The smallest absolute Gasteiger partial charge is 0.413 e. The first-order chi connectivity index (χ1) is 7.77. The van der Waals surface area contributed by atoms with Crippen molar-refractivity contribution < 1.29 is 9.53 Å². The van der Waals surface area contributed by atoms with Crippen molar-refractivity contribution in [1.29, 1.82) is 0 Å². The third-order valence-corrected chi connectivity index (χ3v) is 2.88. The van der Waals surface area contributed by atoms with Crippen molar-refractivity contribution in [3.63, 3.8) is 0 Å². The van der Waals surface area contributed by atoms with Gasteiger partial charge in [-0.3, -0.25) is 4.90 Å². The summed E-state index contributed by atoms with van der Waals surface area (Å²) in [6, 6.07) is 6.19. The van der Waals surface area contributed by atoms with Crippen LogP contribution in [-0.2, 0) is 10.2 Å². The van der Waals surface area contributed by atoms with E-state index in [4.69, 9.17) is 4.74 Å². The standard InChI is InChI=1S/C14H21NO2/c1-10-7-8-11(14(2,3)4)9-12(10)15(5)13(16)17-6/h7-9H,1-6H3. The molecular weight excluding hydrogens is 214 g/mol. The number of rotatable bonds is 1. The van der Waals surface area contributed by atoms with Crippen molar-refractivity contribution in [3.05, 3.63) is 29.3 Å². The maximum absolute atomic E-state index is 11.5. The lowest BCUT2D eigenvalue weighted by molar-refractivity contribution is 0.180. The van der Waals surface area contributed by atoms with Crippen LogP contribution in [0.1, 0.15) is 31.9 Å². The van der Waals surface area contributed by atoms with Crippen LogP contribution in [0.4, 0.5) is 10.5 Å². The Labute approximate surface area is 103 Å². The number of methoxy groups -OCH3 is 1. The minimum Gasteiger partial charge on any atom is -0.452 e. The van der Waals surface area contributed by atoms with Crippen LogP contribution in [0.15, 0.2) is 18.2 Å². The zero-order valence-corrected chi connectivity index (χ0v) is 11.5. The Kier molecular flexibility index (Phi) is 3.81. The molecule has 0 aromatic heterocycles. The van der Waals surface area contributed by atoms with E-state index in [1.807, 2.05) is 19.1 Å². The number of amides is 1. The third kappa shape index (κ3) is 2.99. The van der Waals surface area contributed by atoms with E-state index in [2.05, 4.69) is 26.8 Å². The Morgan fingerprint density at radius 1 is 1.29 bits per heavy atom. The maximum Gasteiger partial charge on any atom is 0.413 e. The molecule has 0 aliphatic rings. The molecule has 0 saturated carbocycles. The zero-order valence-electron chi connectivity index (χ0n) is 11.5. The summed E-state index contributed by atoms with van der Waals surface area (Å²) < 4.78 is 4.73. The Balaban J connectivity index is 3.20. The lowest BCUT2D eigenvalue weighted by atomic mass is 9.86. The second-order valence-electron chi connectivity index (χ2n) is 5.28. The van der Waals surface area contributed by atoms with Gasteiger partial charge >= 0.3 is 6.09 Å². The molecule has 0 radical (unpaired) electrons. The highest BCUT2D eigenvalue weighted by Gasteiger charge is 2.18. The molecule has 0 N–H and O–H groups in total. The van der Waals surface area contributed by atoms with Gasteiger partial charge in [0.25, 0.3) is 0 Å². The van der Waals surface area contributed by atoms with Gasteiger partial charge in [0, 0.05) is 12.7 Å². The number of benzene rings is 1. The number of nitrogens with zero attached hydrogens (tertiary/aromatic N) is 1. The van der Waals surface area contributed by atoms with Crippen LogP contribution >= 0.6 is 0 Å². The van der Waals surface area contributed by atoms with Gasteiger partial charge in [-0.2, -0.15) is 0 Å². The topological polar surface area (TPSA) is 29.5 Å². The molecule has 1 amide bonds. The first kappa shape index (κ1) is 13.6. The third-order valence-electron chi connectivity index (χ3n) is 2.88. The highest BCUT2D eigenvalue weighted by molar-refractivity contribution is 5.88. The fourth-order valence-electron chi connectivity index (χ4n) is 1.67. The Morgan fingerprint density at radius 3 is 2.35 bits per heavy atom. The molecule has 0 aliphatic carbocycles. The molecule has 1 rings (SSSR count). The molecule has 0 heterocycles. The number of carbonyl (C=O) groups excluding carboxylic acids is 1.